The van der Waals surface area contributed by atoms with Crippen molar-refractivity contribution in [3.63, 3.8) is 0 Å². The van der Waals surface area contributed by atoms with Gasteiger partial charge in [0.05, 0.1) is 6.54 Å². The summed E-state index contributed by atoms with van der Waals surface area (Å²) in [6.07, 6.45) is 3.04. The molecule has 1 N–H and O–H groups in total. The number of nitrogens with zero attached hydrogens (tertiary/aromatic N) is 1. The number of carbonyl (C=O) groups excluding carboxylic acids is 2. The Morgan fingerprint density at radius 3 is 2.95 bits per heavy atom. The van der Waals surface area contributed by atoms with Gasteiger partial charge in [-0.15, -0.1) is 0 Å². The van der Waals surface area contributed by atoms with Gasteiger partial charge in [0.25, 0.3) is 0 Å². The van der Waals surface area contributed by atoms with Crippen LogP contribution >= 0.6 is 11.6 Å². The minimum Gasteiger partial charge on any atom is -0.351 e. The van der Waals surface area contributed by atoms with E-state index in [-0.39, 0.29) is 36.1 Å². The molecule has 3 rings (SSSR count). The van der Waals surface area contributed by atoms with Gasteiger partial charge in [-0.3, -0.25) is 9.59 Å². The number of carbonyl (C=O) groups is 2. The van der Waals surface area contributed by atoms with Gasteiger partial charge in [0, 0.05) is 35.5 Å². The molecule has 0 spiro atoms. The van der Waals surface area contributed by atoms with E-state index in [9.17, 15) is 14.0 Å². The molecule has 2 fully saturated rings. The Kier molecular flexibility index (Phi) is 4.34. The van der Waals surface area contributed by atoms with Gasteiger partial charge >= 0.3 is 0 Å². The lowest BCUT2D eigenvalue weighted by Crippen LogP contribution is -2.43. The summed E-state index contributed by atoms with van der Waals surface area (Å²) in [7, 11) is 0. The largest absolute Gasteiger partial charge is 0.351 e. The summed E-state index contributed by atoms with van der Waals surface area (Å²) >= 11 is 6.04. The average Bonchev–Trinajstić information content (AvgIpc) is 3.20. The molecular weight excluding hydrogens is 307 g/mol. The van der Waals surface area contributed by atoms with E-state index in [0.29, 0.717) is 30.0 Å². The van der Waals surface area contributed by atoms with E-state index in [1.54, 1.807) is 17.0 Å². The second-order valence-corrected chi connectivity index (χ2v) is 6.33. The Labute approximate surface area is 133 Å². The molecule has 1 saturated carbocycles. The highest BCUT2D eigenvalue weighted by Crippen LogP contribution is 2.44. The monoisotopic (exact) mass is 324 g/mol. The van der Waals surface area contributed by atoms with Crippen LogP contribution in [0.25, 0.3) is 0 Å². The van der Waals surface area contributed by atoms with E-state index in [4.69, 9.17) is 11.6 Å². The quantitative estimate of drug-likeness (QED) is 0.925. The molecule has 22 heavy (non-hydrogen) atoms. The van der Waals surface area contributed by atoms with Crippen molar-refractivity contribution in [2.45, 2.75) is 37.6 Å². The van der Waals surface area contributed by atoms with Crippen molar-refractivity contribution in [3.05, 3.63) is 34.6 Å². The summed E-state index contributed by atoms with van der Waals surface area (Å²) in [6, 6.07) is 4.51. The van der Waals surface area contributed by atoms with Gasteiger partial charge in [-0.2, -0.15) is 0 Å². The molecule has 2 aliphatic rings. The van der Waals surface area contributed by atoms with Crippen molar-refractivity contribution in [3.8, 4) is 0 Å². The van der Waals surface area contributed by atoms with Gasteiger partial charge in [0.2, 0.25) is 11.8 Å². The van der Waals surface area contributed by atoms with Gasteiger partial charge in [-0.05, 0) is 31.4 Å². The van der Waals surface area contributed by atoms with Gasteiger partial charge < -0.3 is 10.2 Å². The first-order valence-corrected chi connectivity index (χ1v) is 7.95. The maximum Gasteiger partial charge on any atom is 0.239 e. The SMILES string of the molecule is O=C(CN1CCCCC1=O)N[C@@H]1C[C@H]1c1c(F)cccc1Cl. The predicted octanol–water partition coefficient (Wildman–Crippen LogP) is 2.46. The first-order chi connectivity index (χ1) is 10.6. The zero-order valence-corrected chi connectivity index (χ0v) is 12.9. The Bertz CT molecular complexity index is 588. The van der Waals surface area contributed by atoms with Crippen molar-refractivity contribution in [2.24, 2.45) is 0 Å². The summed E-state index contributed by atoms with van der Waals surface area (Å²) in [5.74, 6) is -0.559. The predicted molar refractivity (Wildman–Crippen MR) is 81.1 cm³/mol. The van der Waals surface area contributed by atoms with Crippen LogP contribution in [0.15, 0.2) is 18.2 Å². The highest BCUT2D eigenvalue weighted by molar-refractivity contribution is 6.31. The number of benzene rings is 1. The molecule has 1 aromatic rings. The van der Waals surface area contributed by atoms with Crippen LogP contribution in [0, 0.1) is 5.82 Å². The minimum atomic E-state index is -0.333. The minimum absolute atomic E-state index is 0.0332. The molecule has 2 atom stereocenters. The number of hydrogen-bond acceptors (Lipinski definition) is 2. The van der Waals surface area contributed by atoms with E-state index in [2.05, 4.69) is 5.32 Å². The highest BCUT2D eigenvalue weighted by Gasteiger charge is 2.42. The van der Waals surface area contributed by atoms with E-state index >= 15 is 0 Å². The van der Waals surface area contributed by atoms with Crippen LogP contribution < -0.4 is 5.32 Å². The molecule has 2 amide bonds. The third-order valence-corrected chi connectivity index (χ3v) is 4.59. The number of nitrogens with one attached hydrogen (secondary N) is 1. The molecule has 0 unspecified atom stereocenters. The normalized spacial score (nSPS) is 24.3. The lowest BCUT2D eigenvalue weighted by molar-refractivity contribution is -0.137. The van der Waals surface area contributed by atoms with Crippen molar-refractivity contribution in [2.75, 3.05) is 13.1 Å². The molecule has 1 aliphatic carbocycles. The number of likely N-dealkylation sites (tertiary alicyclic amines) is 1. The van der Waals surface area contributed by atoms with Gasteiger partial charge in [-0.1, -0.05) is 17.7 Å². The number of halogens is 2. The molecule has 0 aromatic heterocycles. The first-order valence-electron chi connectivity index (χ1n) is 7.57. The summed E-state index contributed by atoms with van der Waals surface area (Å²) in [4.78, 5) is 25.3. The van der Waals surface area contributed by atoms with Crippen molar-refractivity contribution in [1.29, 1.82) is 0 Å². The maximum absolute atomic E-state index is 13.8. The molecule has 1 heterocycles. The van der Waals surface area contributed by atoms with Crippen molar-refractivity contribution < 1.29 is 14.0 Å². The number of piperidine rings is 1. The fourth-order valence-corrected chi connectivity index (χ4v) is 3.30. The Morgan fingerprint density at radius 2 is 2.23 bits per heavy atom. The molecule has 1 aromatic carbocycles. The van der Waals surface area contributed by atoms with E-state index in [1.807, 2.05) is 0 Å². The number of hydrogen-bond donors (Lipinski definition) is 1. The zero-order chi connectivity index (χ0) is 15.7. The molecule has 0 radical (unpaired) electrons. The molecule has 1 saturated heterocycles. The Morgan fingerprint density at radius 1 is 1.41 bits per heavy atom. The third kappa shape index (κ3) is 3.24. The topological polar surface area (TPSA) is 49.4 Å². The molecule has 1 aliphatic heterocycles. The second-order valence-electron chi connectivity index (χ2n) is 5.92. The molecule has 118 valence electrons. The third-order valence-electron chi connectivity index (χ3n) is 4.26. The van der Waals surface area contributed by atoms with Crippen LogP contribution in [0.4, 0.5) is 4.39 Å². The summed E-state index contributed by atoms with van der Waals surface area (Å²) < 4.78 is 13.8. The van der Waals surface area contributed by atoms with Crippen LogP contribution in [0.3, 0.4) is 0 Å². The van der Waals surface area contributed by atoms with Crippen LogP contribution in [0.2, 0.25) is 5.02 Å². The van der Waals surface area contributed by atoms with E-state index < -0.39 is 0 Å². The fraction of sp³-hybridized carbons (Fsp3) is 0.500. The lowest BCUT2D eigenvalue weighted by Gasteiger charge is -2.26. The van der Waals surface area contributed by atoms with Crippen LogP contribution in [0.1, 0.15) is 37.2 Å². The summed E-state index contributed by atoms with van der Waals surface area (Å²) in [5.41, 5.74) is 0.475. The standard InChI is InChI=1S/C16H18ClFN2O2/c17-11-4-3-5-12(18)16(11)10-8-13(10)19-14(21)9-20-7-2-1-6-15(20)22/h3-5,10,13H,1-2,6-9H2,(H,19,21)/t10-,13-/m1/s1. The van der Waals surface area contributed by atoms with E-state index in [0.717, 1.165) is 12.8 Å². The zero-order valence-electron chi connectivity index (χ0n) is 12.1. The first kappa shape index (κ1) is 15.3. The number of rotatable bonds is 4. The second kappa shape index (κ2) is 6.24. The van der Waals surface area contributed by atoms with Crippen LogP contribution in [-0.4, -0.2) is 35.8 Å². The van der Waals surface area contributed by atoms with Crippen molar-refractivity contribution >= 4 is 23.4 Å². The smallest absolute Gasteiger partial charge is 0.239 e. The summed E-state index contributed by atoms with van der Waals surface area (Å²) in [5, 5.41) is 3.26. The lowest BCUT2D eigenvalue weighted by atomic mass is 10.1. The van der Waals surface area contributed by atoms with Gasteiger partial charge in [0.15, 0.2) is 0 Å². The Hall–Kier alpha value is -1.62. The molecule has 4 nitrogen and oxygen atoms in total. The Balaban J connectivity index is 1.55. The van der Waals surface area contributed by atoms with Crippen molar-refractivity contribution in [1.82, 2.24) is 10.2 Å². The van der Waals surface area contributed by atoms with Gasteiger partial charge in [0.1, 0.15) is 5.82 Å². The summed E-state index contributed by atoms with van der Waals surface area (Å²) in [6.45, 7) is 0.729. The molecule has 0 bridgehead atoms. The fourth-order valence-electron chi connectivity index (χ4n) is 2.99. The molecular formula is C16H18ClFN2O2. The number of amides is 2. The van der Waals surface area contributed by atoms with Crippen LogP contribution in [0.5, 0.6) is 0 Å². The average molecular weight is 325 g/mol. The maximum atomic E-state index is 13.8. The highest BCUT2D eigenvalue weighted by atomic mass is 35.5. The molecule has 6 heteroatoms. The van der Waals surface area contributed by atoms with Gasteiger partial charge in [-0.25, -0.2) is 4.39 Å². The van der Waals surface area contributed by atoms with E-state index in [1.165, 1.54) is 6.07 Å². The van der Waals surface area contributed by atoms with Crippen LogP contribution in [-0.2, 0) is 9.59 Å².